The third kappa shape index (κ3) is 4.04. The van der Waals surface area contributed by atoms with E-state index in [0.29, 0.717) is 17.2 Å². The van der Waals surface area contributed by atoms with E-state index in [1.165, 1.54) is 5.56 Å². The van der Waals surface area contributed by atoms with Crippen molar-refractivity contribution >= 4 is 15.7 Å². The molecule has 1 aromatic heterocycles. The summed E-state index contributed by atoms with van der Waals surface area (Å²) in [6.45, 7) is 0. The highest BCUT2D eigenvalue weighted by Crippen LogP contribution is 2.18. The maximum atomic E-state index is 12.7. The van der Waals surface area contributed by atoms with Gasteiger partial charge in [-0.2, -0.15) is 0 Å². The lowest BCUT2D eigenvalue weighted by Crippen LogP contribution is -1.96. The molecule has 3 rings (SSSR count). The van der Waals surface area contributed by atoms with Crippen molar-refractivity contribution in [3.63, 3.8) is 0 Å². The Bertz CT molecular complexity index is 882. The fourth-order valence-electron chi connectivity index (χ4n) is 2.15. The minimum atomic E-state index is -2.59. The molecule has 23 heavy (non-hydrogen) atoms. The van der Waals surface area contributed by atoms with Crippen LogP contribution in [0.1, 0.15) is 11.5 Å². The van der Waals surface area contributed by atoms with Crippen LogP contribution in [-0.2, 0) is 22.6 Å². The van der Waals surface area contributed by atoms with Crippen molar-refractivity contribution in [3.8, 4) is 0 Å². The van der Waals surface area contributed by atoms with E-state index in [4.69, 9.17) is 4.42 Å². The van der Waals surface area contributed by atoms with Crippen molar-refractivity contribution in [2.24, 2.45) is 4.36 Å². The molecule has 0 fully saturated rings. The molecule has 1 heterocycles. The molecule has 0 amide bonds. The summed E-state index contributed by atoms with van der Waals surface area (Å²) in [5.41, 5.74) is 1.20. The molecular formula is C17H17N3O2S. The minimum absolute atomic E-state index is 0.0596. The van der Waals surface area contributed by atoms with E-state index in [9.17, 15) is 4.21 Å². The van der Waals surface area contributed by atoms with Gasteiger partial charge < -0.3 is 4.42 Å². The normalized spacial score (nSPS) is 13.4. The molecule has 0 saturated carbocycles. The molecule has 118 valence electrons. The van der Waals surface area contributed by atoms with Crippen molar-refractivity contribution in [3.05, 3.63) is 72.1 Å². The Kier molecular flexibility index (Phi) is 4.52. The van der Waals surface area contributed by atoms with Gasteiger partial charge in [-0.05, 0) is 24.1 Å². The van der Waals surface area contributed by atoms with E-state index in [2.05, 4.69) is 26.7 Å². The van der Waals surface area contributed by atoms with E-state index < -0.39 is 9.73 Å². The van der Waals surface area contributed by atoms with Crippen LogP contribution in [0.4, 0.5) is 6.01 Å². The number of benzene rings is 2. The van der Waals surface area contributed by atoms with Gasteiger partial charge in [-0.3, -0.25) is 0 Å². The van der Waals surface area contributed by atoms with Gasteiger partial charge in [-0.15, -0.1) is 9.46 Å². The molecule has 0 N–H and O–H groups in total. The Hall–Kier alpha value is -2.47. The second-order valence-electron chi connectivity index (χ2n) is 5.17. The standard InChI is InChI=1S/C17H17N3O2S/c1-23(21,15-10-6-3-7-11-15)20-17-19-18-16(22-17)13-12-14-8-4-2-5-9-14/h2-11H,12-13H2,1H3. The van der Waals surface area contributed by atoms with Crippen LogP contribution in [-0.4, -0.2) is 20.7 Å². The number of aryl methyl sites for hydroxylation is 2. The highest BCUT2D eigenvalue weighted by Gasteiger charge is 2.10. The zero-order chi connectivity index (χ0) is 16.1. The first-order valence-corrected chi connectivity index (χ1v) is 9.19. The summed E-state index contributed by atoms with van der Waals surface area (Å²) in [5, 5.41) is 7.85. The third-order valence-corrected chi connectivity index (χ3v) is 5.01. The van der Waals surface area contributed by atoms with Crippen LogP contribution in [0.5, 0.6) is 0 Å². The first-order valence-electron chi connectivity index (χ1n) is 7.27. The molecule has 0 aliphatic heterocycles. The van der Waals surface area contributed by atoms with Gasteiger partial charge in [0.2, 0.25) is 5.89 Å². The molecule has 0 aliphatic carbocycles. The molecule has 2 aromatic carbocycles. The largest absolute Gasteiger partial charge is 0.406 e. The predicted molar refractivity (Wildman–Crippen MR) is 89.0 cm³/mol. The number of aromatic nitrogens is 2. The molecule has 0 radical (unpaired) electrons. The molecule has 1 unspecified atom stereocenters. The molecule has 0 bridgehead atoms. The first-order chi connectivity index (χ1) is 11.1. The average molecular weight is 327 g/mol. The predicted octanol–water partition coefficient (Wildman–Crippen LogP) is 3.64. The van der Waals surface area contributed by atoms with Gasteiger partial charge in [0.15, 0.2) is 0 Å². The van der Waals surface area contributed by atoms with Gasteiger partial charge in [0.1, 0.15) is 0 Å². The van der Waals surface area contributed by atoms with Crippen LogP contribution >= 0.6 is 0 Å². The zero-order valence-electron chi connectivity index (χ0n) is 12.8. The molecule has 1 atom stereocenters. The van der Waals surface area contributed by atoms with Crippen molar-refractivity contribution in [1.82, 2.24) is 10.2 Å². The molecule has 3 aromatic rings. The molecular weight excluding hydrogens is 310 g/mol. The Balaban J connectivity index is 1.74. The van der Waals surface area contributed by atoms with Gasteiger partial charge >= 0.3 is 6.01 Å². The fourth-order valence-corrected chi connectivity index (χ4v) is 3.29. The smallest absolute Gasteiger partial charge is 0.351 e. The lowest BCUT2D eigenvalue weighted by molar-refractivity contribution is 0.502. The van der Waals surface area contributed by atoms with Crippen LogP contribution < -0.4 is 0 Å². The quantitative estimate of drug-likeness (QED) is 0.717. The fraction of sp³-hybridized carbons (Fsp3) is 0.176. The average Bonchev–Trinajstić information content (AvgIpc) is 3.01. The second kappa shape index (κ2) is 6.75. The number of hydrogen-bond acceptors (Lipinski definition) is 5. The monoisotopic (exact) mass is 327 g/mol. The maximum Gasteiger partial charge on any atom is 0.351 e. The lowest BCUT2D eigenvalue weighted by Gasteiger charge is -2.01. The number of hydrogen-bond donors (Lipinski definition) is 0. The summed E-state index contributed by atoms with van der Waals surface area (Å²) < 4.78 is 22.3. The van der Waals surface area contributed by atoms with Crippen molar-refractivity contribution in [1.29, 1.82) is 0 Å². The second-order valence-corrected chi connectivity index (χ2v) is 7.43. The molecule has 0 spiro atoms. The third-order valence-electron chi connectivity index (χ3n) is 3.36. The molecule has 0 saturated heterocycles. The molecule has 0 aliphatic rings. The van der Waals surface area contributed by atoms with Crippen LogP contribution in [0.3, 0.4) is 0 Å². The van der Waals surface area contributed by atoms with Gasteiger partial charge in [-0.1, -0.05) is 53.6 Å². The highest BCUT2D eigenvalue weighted by molar-refractivity contribution is 7.93. The maximum absolute atomic E-state index is 12.7. The van der Waals surface area contributed by atoms with Crippen molar-refractivity contribution in [2.45, 2.75) is 17.7 Å². The van der Waals surface area contributed by atoms with E-state index in [1.54, 1.807) is 18.4 Å². The van der Waals surface area contributed by atoms with Gasteiger partial charge in [0.25, 0.3) is 0 Å². The van der Waals surface area contributed by atoms with E-state index in [0.717, 1.165) is 6.42 Å². The first kappa shape index (κ1) is 15.4. The zero-order valence-corrected chi connectivity index (χ0v) is 13.6. The van der Waals surface area contributed by atoms with E-state index in [-0.39, 0.29) is 6.01 Å². The summed E-state index contributed by atoms with van der Waals surface area (Å²) >= 11 is 0. The number of rotatable bonds is 5. The van der Waals surface area contributed by atoms with Gasteiger partial charge in [0, 0.05) is 17.6 Å². The van der Waals surface area contributed by atoms with Crippen LogP contribution in [0.15, 0.2) is 74.3 Å². The highest BCUT2D eigenvalue weighted by atomic mass is 32.2. The summed E-state index contributed by atoms with van der Waals surface area (Å²) in [7, 11) is -2.59. The van der Waals surface area contributed by atoms with Gasteiger partial charge in [-0.25, -0.2) is 4.21 Å². The van der Waals surface area contributed by atoms with Crippen LogP contribution in [0.25, 0.3) is 0 Å². The molecule has 6 heteroatoms. The summed E-state index contributed by atoms with van der Waals surface area (Å²) in [6.07, 6.45) is 3.00. The number of nitrogens with zero attached hydrogens (tertiary/aromatic N) is 3. The Labute approximate surface area is 135 Å². The van der Waals surface area contributed by atoms with Crippen molar-refractivity contribution in [2.75, 3.05) is 6.26 Å². The summed E-state index contributed by atoms with van der Waals surface area (Å²) in [4.78, 5) is 0.643. The van der Waals surface area contributed by atoms with Crippen LogP contribution in [0.2, 0.25) is 0 Å². The Morgan fingerprint density at radius 2 is 1.61 bits per heavy atom. The van der Waals surface area contributed by atoms with E-state index in [1.807, 2.05) is 36.4 Å². The summed E-state index contributed by atoms with van der Waals surface area (Å²) in [6, 6.07) is 19.2. The Morgan fingerprint density at radius 1 is 0.957 bits per heavy atom. The topological polar surface area (TPSA) is 68.3 Å². The Morgan fingerprint density at radius 3 is 2.30 bits per heavy atom. The van der Waals surface area contributed by atoms with E-state index >= 15 is 0 Å². The minimum Gasteiger partial charge on any atom is -0.406 e. The van der Waals surface area contributed by atoms with Crippen molar-refractivity contribution < 1.29 is 8.63 Å². The lowest BCUT2D eigenvalue weighted by atomic mass is 10.1. The molecule has 5 nitrogen and oxygen atoms in total. The SMILES string of the molecule is CS(=O)(=Nc1nnc(CCc2ccccc2)o1)c1ccccc1. The van der Waals surface area contributed by atoms with Gasteiger partial charge in [0.05, 0.1) is 9.73 Å². The summed E-state index contributed by atoms with van der Waals surface area (Å²) in [5.74, 6) is 0.496. The van der Waals surface area contributed by atoms with Crippen LogP contribution in [0, 0.1) is 0 Å².